The fourth-order valence-electron chi connectivity index (χ4n) is 2.27. The normalized spacial score (nSPS) is 19.3. The van der Waals surface area contributed by atoms with Crippen LogP contribution in [0.15, 0.2) is 18.2 Å². The van der Waals surface area contributed by atoms with E-state index < -0.39 is 0 Å². The standard InChI is InChI=1S/C14H20N2O.ClH/c1-10-5-4-6-13(12(10)3)14(17)16-8-7-15-11(2)9-16;/h4-6,11,15H,7-9H2,1-3H3;1H/t11-;/m0./s1. The molecule has 2 rings (SSSR count). The van der Waals surface area contributed by atoms with Crippen molar-refractivity contribution in [2.75, 3.05) is 19.6 Å². The number of hydrogen-bond acceptors (Lipinski definition) is 2. The van der Waals surface area contributed by atoms with Gasteiger partial charge in [0, 0.05) is 31.2 Å². The molecule has 0 bridgehead atoms. The molecule has 1 aromatic rings. The number of rotatable bonds is 1. The summed E-state index contributed by atoms with van der Waals surface area (Å²) >= 11 is 0. The van der Waals surface area contributed by atoms with Gasteiger partial charge in [-0.25, -0.2) is 0 Å². The maximum Gasteiger partial charge on any atom is 0.254 e. The zero-order chi connectivity index (χ0) is 12.4. The summed E-state index contributed by atoms with van der Waals surface area (Å²) in [6.45, 7) is 8.67. The molecule has 100 valence electrons. The first-order valence-corrected chi connectivity index (χ1v) is 6.18. The van der Waals surface area contributed by atoms with E-state index in [0.29, 0.717) is 6.04 Å². The van der Waals surface area contributed by atoms with Gasteiger partial charge in [0.1, 0.15) is 0 Å². The van der Waals surface area contributed by atoms with E-state index in [-0.39, 0.29) is 18.3 Å². The molecule has 1 N–H and O–H groups in total. The third-order valence-electron chi connectivity index (χ3n) is 3.49. The van der Waals surface area contributed by atoms with Crippen LogP contribution < -0.4 is 5.32 Å². The molecule has 1 aliphatic heterocycles. The first-order valence-electron chi connectivity index (χ1n) is 6.18. The van der Waals surface area contributed by atoms with Gasteiger partial charge in [-0.15, -0.1) is 12.4 Å². The molecule has 0 spiro atoms. The van der Waals surface area contributed by atoms with Crippen molar-refractivity contribution in [3.8, 4) is 0 Å². The highest BCUT2D eigenvalue weighted by atomic mass is 35.5. The smallest absolute Gasteiger partial charge is 0.254 e. The summed E-state index contributed by atoms with van der Waals surface area (Å²) < 4.78 is 0. The maximum atomic E-state index is 12.4. The molecule has 0 unspecified atom stereocenters. The lowest BCUT2D eigenvalue weighted by Crippen LogP contribution is -2.51. The molecule has 1 aromatic carbocycles. The van der Waals surface area contributed by atoms with E-state index in [1.165, 1.54) is 5.56 Å². The number of hydrogen-bond donors (Lipinski definition) is 1. The first-order chi connectivity index (χ1) is 8.09. The molecule has 1 amide bonds. The number of nitrogens with one attached hydrogen (secondary N) is 1. The van der Waals surface area contributed by atoms with E-state index in [2.05, 4.69) is 12.2 Å². The Bertz CT molecular complexity index is 434. The Kier molecular flexibility index (Phi) is 5.17. The number of aryl methyl sites for hydroxylation is 1. The highest BCUT2D eigenvalue weighted by Gasteiger charge is 2.22. The number of carbonyl (C=O) groups excluding carboxylic acids is 1. The van der Waals surface area contributed by atoms with Gasteiger partial charge < -0.3 is 10.2 Å². The van der Waals surface area contributed by atoms with Crippen LogP contribution in [0, 0.1) is 13.8 Å². The molecule has 0 radical (unpaired) electrons. The van der Waals surface area contributed by atoms with Gasteiger partial charge in [-0.2, -0.15) is 0 Å². The van der Waals surface area contributed by atoms with Crippen molar-refractivity contribution in [3.05, 3.63) is 34.9 Å². The predicted octanol–water partition coefficient (Wildman–Crippen LogP) is 2.16. The Morgan fingerprint density at radius 3 is 2.78 bits per heavy atom. The molecule has 1 fully saturated rings. The summed E-state index contributed by atoms with van der Waals surface area (Å²) in [6, 6.07) is 6.32. The van der Waals surface area contributed by atoms with E-state index in [9.17, 15) is 4.79 Å². The highest BCUT2D eigenvalue weighted by molar-refractivity contribution is 5.96. The van der Waals surface area contributed by atoms with E-state index >= 15 is 0 Å². The van der Waals surface area contributed by atoms with Crippen molar-refractivity contribution >= 4 is 18.3 Å². The van der Waals surface area contributed by atoms with Crippen molar-refractivity contribution in [2.45, 2.75) is 26.8 Å². The van der Waals surface area contributed by atoms with Crippen LogP contribution in [0.3, 0.4) is 0 Å². The summed E-state index contributed by atoms with van der Waals surface area (Å²) in [5.41, 5.74) is 3.13. The van der Waals surface area contributed by atoms with Gasteiger partial charge in [-0.3, -0.25) is 4.79 Å². The van der Waals surface area contributed by atoms with Crippen molar-refractivity contribution < 1.29 is 4.79 Å². The number of carbonyl (C=O) groups is 1. The van der Waals surface area contributed by atoms with Gasteiger partial charge in [0.2, 0.25) is 0 Å². The van der Waals surface area contributed by atoms with E-state index in [4.69, 9.17) is 0 Å². The van der Waals surface area contributed by atoms with Crippen LogP contribution in [0.5, 0.6) is 0 Å². The number of benzene rings is 1. The minimum atomic E-state index is 0. The summed E-state index contributed by atoms with van der Waals surface area (Å²) in [5, 5.41) is 3.35. The molecule has 1 aliphatic rings. The zero-order valence-corrected chi connectivity index (χ0v) is 12.0. The van der Waals surface area contributed by atoms with E-state index in [1.807, 2.05) is 36.9 Å². The topological polar surface area (TPSA) is 32.3 Å². The van der Waals surface area contributed by atoms with Gasteiger partial charge in [0.05, 0.1) is 0 Å². The van der Waals surface area contributed by atoms with Crippen molar-refractivity contribution in [1.82, 2.24) is 10.2 Å². The maximum absolute atomic E-state index is 12.4. The largest absolute Gasteiger partial charge is 0.336 e. The summed E-state index contributed by atoms with van der Waals surface area (Å²) in [4.78, 5) is 14.4. The number of nitrogens with zero attached hydrogens (tertiary/aromatic N) is 1. The van der Waals surface area contributed by atoms with Crippen LogP contribution in [-0.2, 0) is 0 Å². The molecule has 1 atom stereocenters. The zero-order valence-electron chi connectivity index (χ0n) is 11.2. The molecule has 18 heavy (non-hydrogen) atoms. The molecule has 1 saturated heterocycles. The Morgan fingerprint density at radius 2 is 2.11 bits per heavy atom. The van der Waals surface area contributed by atoms with Crippen LogP contribution in [0.1, 0.15) is 28.4 Å². The van der Waals surface area contributed by atoms with E-state index in [1.54, 1.807) is 0 Å². The van der Waals surface area contributed by atoms with Gasteiger partial charge >= 0.3 is 0 Å². The minimum Gasteiger partial charge on any atom is -0.336 e. The average Bonchev–Trinajstić information content (AvgIpc) is 2.32. The number of amides is 1. The molecular formula is C14H21ClN2O. The van der Waals surface area contributed by atoms with Gasteiger partial charge in [0.25, 0.3) is 5.91 Å². The minimum absolute atomic E-state index is 0. The van der Waals surface area contributed by atoms with Crippen molar-refractivity contribution in [1.29, 1.82) is 0 Å². The molecule has 4 heteroatoms. The second kappa shape index (κ2) is 6.21. The fourth-order valence-corrected chi connectivity index (χ4v) is 2.27. The van der Waals surface area contributed by atoms with Crippen LogP contribution in [0.25, 0.3) is 0 Å². The first kappa shape index (κ1) is 15.0. The third kappa shape index (κ3) is 3.03. The Labute approximate surface area is 115 Å². The van der Waals surface area contributed by atoms with Crippen molar-refractivity contribution in [2.24, 2.45) is 0 Å². The molecule has 1 heterocycles. The quantitative estimate of drug-likeness (QED) is 0.847. The molecular weight excluding hydrogens is 248 g/mol. The van der Waals surface area contributed by atoms with E-state index in [0.717, 1.165) is 30.8 Å². The molecule has 3 nitrogen and oxygen atoms in total. The molecule has 0 aromatic heterocycles. The Hall–Kier alpha value is -1.06. The van der Waals surface area contributed by atoms with Gasteiger partial charge in [-0.1, -0.05) is 12.1 Å². The third-order valence-corrected chi connectivity index (χ3v) is 3.49. The number of piperazine rings is 1. The van der Waals surface area contributed by atoms with Gasteiger partial charge in [0.15, 0.2) is 0 Å². The lowest BCUT2D eigenvalue weighted by Gasteiger charge is -2.32. The van der Waals surface area contributed by atoms with Crippen LogP contribution in [0.4, 0.5) is 0 Å². The Balaban J connectivity index is 0.00000162. The van der Waals surface area contributed by atoms with Crippen LogP contribution in [-0.4, -0.2) is 36.5 Å². The predicted molar refractivity (Wildman–Crippen MR) is 76.5 cm³/mol. The van der Waals surface area contributed by atoms with Crippen LogP contribution >= 0.6 is 12.4 Å². The average molecular weight is 269 g/mol. The molecule has 0 aliphatic carbocycles. The lowest BCUT2D eigenvalue weighted by atomic mass is 10.0. The van der Waals surface area contributed by atoms with Gasteiger partial charge in [-0.05, 0) is 38.0 Å². The summed E-state index contributed by atoms with van der Waals surface area (Å²) in [7, 11) is 0. The fraction of sp³-hybridized carbons (Fsp3) is 0.500. The SMILES string of the molecule is Cc1cccc(C(=O)N2CCN[C@@H](C)C2)c1C.Cl. The second-order valence-electron chi connectivity index (χ2n) is 4.85. The monoisotopic (exact) mass is 268 g/mol. The summed E-state index contributed by atoms with van der Waals surface area (Å²) in [6.07, 6.45) is 0. The second-order valence-corrected chi connectivity index (χ2v) is 4.85. The Morgan fingerprint density at radius 1 is 1.39 bits per heavy atom. The summed E-state index contributed by atoms with van der Waals surface area (Å²) in [5.74, 6) is 0.166. The number of halogens is 1. The highest BCUT2D eigenvalue weighted by Crippen LogP contribution is 2.15. The van der Waals surface area contributed by atoms with Crippen LogP contribution in [0.2, 0.25) is 0 Å². The lowest BCUT2D eigenvalue weighted by molar-refractivity contribution is 0.0708. The molecule has 0 saturated carbocycles. The van der Waals surface area contributed by atoms with Crippen molar-refractivity contribution in [3.63, 3.8) is 0 Å².